The van der Waals surface area contributed by atoms with Gasteiger partial charge in [0.05, 0.1) is 13.2 Å². The topological polar surface area (TPSA) is 120 Å². The first-order chi connectivity index (χ1) is 13.5. The molecule has 1 aromatic rings. The first-order valence-electron chi connectivity index (χ1n) is 9.30. The molecule has 0 aliphatic heterocycles. The molecule has 0 fully saturated rings. The summed E-state index contributed by atoms with van der Waals surface area (Å²) in [4.78, 5) is 23.3. The third-order valence-electron chi connectivity index (χ3n) is 3.39. The van der Waals surface area contributed by atoms with Gasteiger partial charge in [0.1, 0.15) is 17.4 Å². The van der Waals surface area contributed by atoms with Crippen LogP contribution in [0.5, 0.6) is 5.75 Å². The predicted molar refractivity (Wildman–Crippen MR) is 107 cm³/mol. The molecule has 0 radical (unpaired) electrons. The summed E-state index contributed by atoms with van der Waals surface area (Å²) in [7, 11) is -3.33. The molecule has 29 heavy (non-hydrogen) atoms. The summed E-state index contributed by atoms with van der Waals surface area (Å²) in [6, 6.07) is 5.41. The van der Waals surface area contributed by atoms with Crippen LogP contribution in [0.1, 0.15) is 40.2 Å². The number of hydrogen-bond acceptors (Lipinski definition) is 7. The fraction of sp³-hybridized carbons (Fsp3) is 0.579. The van der Waals surface area contributed by atoms with E-state index in [4.69, 9.17) is 18.5 Å². The van der Waals surface area contributed by atoms with Crippen LogP contribution in [0.3, 0.4) is 0 Å². The lowest BCUT2D eigenvalue weighted by Gasteiger charge is -2.22. The summed E-state index contributed by atoms with van der Waals surface area (Å²) in [6.07, 6.45) is -0.968. The Kier molecular flexibility index (Phi) is 9.62. The molecule has 10 heteroatoms. The van der Waals surface area contributed by atoms with Gasteiger partial charge in [0, 0.05) is 6.42 Å². The predicted octanol–water partition coefficient (Wildman–Crippen LogP) is 3.81. The average molecular weight is 431 g/mol. The van der Waals surface area contributed by atoms with Gasteiger partial charge in [-0.2, -0.15) is 0 Å². The van der Waals surface area contributed by atoms with E-state index in [1.54, 1.807) is 58.9 Å². The van der Waals surface area contributed by atoms with Gasteiger partial charge >= 0.3 is 19.7 Å². The van der Waals surface area contributed by atoms with Crippen molar-refractivity contribution in [3.63, 3.8) is 0 Å². The van der Waals surface area contributed by atoms with E-state index in [9.17, 15) is 19.3 Å². The number of carboxylic acids is 1. The molecular weight excluding hydrogens is 401 g/mol. The van der Waals surface area contributed by atoms with Gasteiger partial charge in [0.25, 0.3) is 0 Å². The highest BCUT2D eigenvalue weighted by Gasteiger charge is 2.26. The van der Waals surface area contributed by atoms with E-state index in [1.165, 1.54) is 0 Å². The van der Waals surface area contributed by atoms with Crippen LogP contribution in [0.15, 0.2) is 24.3 Å². The van der Waals surface area contributed by atoms with Crippen molar-refractivity contribution in [2.24, 2.45) is 0 Å². The van der Waals surface area contributed by atoms with Crippen molar-refractivity contribution in [2.75, 3.05) is 19.6 Å². The van der Waals surface area contributed by atoms with Crippen LogP contribution >= 0.6 is 7.60 Å². The van der Waals surface area contributed by atoms with E-state index < -0.39 is 31.3 Å². The van der Waals surface area contributed by atoms with E-state index in [2.05, 4.69) is 5.32 Å². The summed E-state index contributed by atoms with van der Waals surface area (Å²) in [5.41, 5.74) is -0.0623. The summed E-state index contributed by atoms with van der Waals surface area (Å²) < 4.78 is 33.3. The van der Waals surface area contributed by atoms with E-state index in [-0.39, 0.29) is 26.0 Å². The molecule has 0 bridgehead atoms. The summed E-state index contributed by atoms with van der Waals surface area (Å²) in [5.74, 6) is -0.745. The van der Waals surface area contributed by atoms with E-state index in [0.717, 1.165) is 0 Å². The molecule has 0 unspecified atom stereocenters. The molecule has 0 saturated heterocycles. The molecule has 0 heterocycles. The van der Waals surface area contributed by atoms with Crippen molar-refractivity contribution in [3.8, 4) is 5.75 Å². The normalized spacial score (nSPS) is 12.9. The summed E-state index contributed by atoms with van der Waals surface area (Å²) in [5, 5.41) is 11.7. The number of rotatable bonds is 11. The standard InChI is InChI=1S/C19H30NO8P/c1-6-26-29(24,27-7-2)13-25-15-10-8-14(9-11-15)12-16(17(21)22)20-18(23)28-19(3,4)5/h8-11,16H,6-7,12-13H2,1-5H3,(H,20,23)(H,21,22)/t16-/m0/s1. The SMILES string of the molecule is CCOP(=O)(COc1ccc(C[C@H](NC(=O)OC(C)(C)C)C(=O)O)cc1)OCC. The first-order valence-corrected chi connectivity index (χ1v) is 11.0. The van der Waals surface area contributed by atoms with Crippen molar-refractivity contribution < 1.29 is 37.8 Å². The third-order valence-corrected chi connectivity index (χ3v) is 5.14. The molecule has 9 nitrogen and oxygen atoms in total. The fourth-order valence-corrected chi connectivity index (χ4v) is 3.58. The quantitative estimate of drug-likeness (QED) is 0.508. The van der Waals surface area contributed by atoms with Crippen LogP contribution in [0, 0.1) is 0 Å². The van der Waals surface area contributed by atoms with Crippen molar-refractivity contribution in [1.82, 2.24) is 5.32 Å². The van der Waals surface area contributed by atoms with Gasteiger partial charge in [-0.1, -0.05) is 12.1 Å². The van der Waals surface area contributed by atoms with E-state index >= 15 is 0 Å². The highest BCUT2D eigenvalue weighted by molar-refractivity contribution is 7.53. The van der Waals surface area contributed by atoms with Crippen LogP contribution in [-0.2, 0) is 29.6 Å². The Bertz CT molecular complexity index is 704. The smallest absolute Gasteiger partial charge is 0.408 e. The number of aliphatic carboxylic acids is 1. The molecule has 0 aliphatic rings. The average Bonchev–Trinajstić information content (AvgIpc) is 2.59. The molecule has 0 spiro atoms. The monoisotopic (exact) mass is 431 g/mol. The zero-order valence-corrected chi connectivity index (χ0v) is 18.4. The van der Waals surface area contributed by atoms with Crippen LogP contribution in [0.4, 0.5) is 4.79 Å². The fourth-order valence-electron chi connectivity index (χ4n) is 2.27. The number of benzene rings is 1. The molecule has 1 rings (SSSR count). The number of ether oxygens (including phenoxy) is 2. The van der Waals surface area contributed by atoms with Gasteiger partial charge in [-0.3, -0.25) is 4.57 Å². The summed E-state index contributed by atoms with van der Waals surface area (Å²) >= 11 is 0. The van der Waals surface area contributed by atoms with Crippen molar-refractivity contribution in [3.05, 3.63) is 29.8 Å². The maximum absolute atomic E-state index is 12.4. The molecule has 0 saturated carbocycles. The van der Waals surface area contributed by atoms with Crippen molar-refractivity contribution in [2.45, 2.75) is 52.7 Å². The Morgan fingerprint density at radius 1 is 1.10 bits per heavy atom. The second-order valence-electron chi connectivity index (χ2n) is 7.11. The number of carboxylic acid groups (broad SMARTS) is 1. The lowest BCUT2D eigenvalue weighted by atomic mass is 10.1. The number of alkyl carbamates (subject to hydrolysis) is 1. The Hall–Kier alpha value is -2.09. The maximum Gasteiger partial charge on any atom is 0.408 e. The first kappa shape index (κ1) is 24.9. The number of amides is 1. The Balaban J connectivity index is 2.70. The van der Waals surface area contributed by atoms with Gasteiger partial charge in [-0.05, 0) is 52.3 Å². The number of carbonyl (C=O) groups is 2. The minimum Gasteiger partial charge on any atom is -0.481 e. The second-order valence-corrected chi connectivity index (χ2v) is 9.10. The van der Waals surface area contributed by atoms with Gasteiger partial charge in [-0.15, -0.1) is 0 Å². The molecule has 0 aromatic heterocycles. The van der Waals surface area contributed by atoms with Crippen molar-refractivity contribution in [1.29, 1.82) is 0 Å². The van der Waals surface area contributed by atoms with Crippen LogP contribution in [-0.4, -0.2) is 48.4 Å². The number of hydrogen-bond donors (Lipinski definition) is 2. The largest absolute Gasteiger partial charge is 0.481 e. The van der Waals surface area contributed by atoms with Crippen LogP contribution in [0.2, 0.25) is 0 Å². The Morgan fingerprint density at radius 2 is 1.66 bits per heavy atom. The summed E-state index contributed by atoms with van der Waals surface area (Å²) in [6.45, 7) is 8.97. The lowest BCUT2D eigenvalue weighted by Crippen LogP contribution is -2.44. The molecular formula is C19H30NO8P. The minimum atomic E-state index is -3.33. The molecule has 1 atom stereocenters. The Morgan fingerprint density at radius 3 is 2.10 bits per heavy atom. The zero-order valence-electron chi connectivity index (χ0n) is 17.5. The van der Waals surface area contributed by atoms with Crippen molar-refractivity contribution >= 4 is 19.7 Å². The van der Waals surface area contributed by atoms with Gasteiger partial charge in [0.2, 0.25) is 0 Å². The zero-order chi connectivity index (χ0) is 22.1. The van der Waals surface area contributed by atoms with Crippen LogP contribution in [0.25, 0.3) is 0 Å². The second kappa shape index (κ2) is 11.2. The highest BCUT2D eigenvalue weighted by atomic mass is 31.2. The maximum atomic E-state index is 12.4. The number of carbonyl (C=O) groups excluding carboxylic acids is 1. The van der Waals surface area contributed by atoms with Gasteiger partial charge in [0.15, 0.2) is 6.35 Å². The van der Waals surface area contributed by atoms with E-state index in [0.29, 0.717) is 11.3 Å². The molecule has 1 aromatic carbocycles. The van der Waals surface area contributed by atoms with E-state index in [1.807, 2.05) is 0 Å². The Labute approximate surface area is 171 Å². The number of nitrogens with one attached hydrogen (secondary N) is 1. The molecule has 0 aliphatic carbocycles. The third kappa shape index (κ3) is 9.78. The molecule has 164 valence electrons. The highest BCUT2D eigenvalue weighted by Crippen LogP contribution is 2.47. The van der Waals surface area contributed by atoms with Gasteiger partial charge in [-0.25, -0.2) is 9.59 Å². The van der Waals surface area contributed by atoms with Gasteiger partial charge < -0.3 is 28.9 Å². The molecule has 1 amide bonds. The van der Waals surface area contributed by atoms with Crippen LogP contribution < -0.4 is 10.1 Å². The molecule has 2 N–H and O–H groups in total. The lowest BCUT2D eigenvalue weighted by molar-refractivity contribution is -0.139. The minimum absolute atomic E-state index is 0.0608.